The van der Waals surface area contributed by atoms with Crippen molar-refractivity contribution in [2.75, 3.05) is 5.32 Å². The molecule has 1 amide bonds. The summed E-state index contributed by atoms with van der Waals surface area (Å²) in [4.78, 5) is 31.0. The number of pyridine rings is 1. The summed E-state index contributed by atoms with van der Waals surface area (Å²) in [6.45, 7) is -0.398. The van der Waals surface area contributed by atoms with E-state index in [4.69, 9.17) is 0 Å². The van der Waals surface area contributed by atoms with Crippen LogP contribution in [0.25, 0.3) is 10.9 Å². The number of thiazole rings is 1. The zero-order valence-corrected chi connectivity index (χ0v) is 11.6. The number of carbonyl (C=O) groups excluding carboxylic acids is 1. The third-order valence-corrected chi connectivity index (χ3v) is 3.76. The Morgan fingerprint density at radius 1 is 1.38 bits per heavy atom. The van der Waals surface area contributed by atoms with Gasteiger partial charge in [-0.3, -0.25) is 14.9 Å². The maximum atomic E-state index is 12.3. The Balaban J connectivity index is 2.15. The number of carbonyl (C=O) groups is 1. The molecule has 0 saturated carbocycles. The Morgan fingerprint density at radius 2 is 2.19 bits per heavy atom. The largest absolute Gasteiger partial charge is 0.392 e. The summed E-state index contributed by atoms with van der Waals surface area (Å²) in [6.07, 6.45) is 1.55. The quantitative estimate of drug-likeness (QED) is 0.686. The maximum Gasteiger partial charge on any atom is 0.263 e. The van der Waals surface area contributed by atoms with Gasteiger partial charge in [0, 0.05) is 28.0 Å². The second-order valence-electron chi connectivity index (χ2n) is 4.30. The number of para-hydroxylation sites is 1. The van der Waals surface area contributed by atoms with E-state index in [9.17, 15) is 14.7 Å². The zero-order valence-electron chi connectivity index (χ0n) is 10.8. The number of aliphatic hydroxyl groups excluding tert-OH is 1. The highest BCUT2D eigenvalue weighted by Gasteiger charge is 2.19. The molecule has 6 nitrogen and oxygen atoms in total. The highest BCUT2D eigenvalue weighted by Crippen LogP contribution is 2.19. The molecule has 0 spiro atoms. The monoisotopic (exact) mass is 301 g/mol. The number of hydrogen-bond donors (Lipinski definition) is 3. The number of amides is 1. The second kappa shape index (κ2) is 5.47. The van der Waals surface area contributed by atoms with Crippen molar-refractivity contribution in [1.29, 1.82) is 0 Å². The molecule has 0 aliphatic carbocycles. The Kier molecular flexibility index (Phi) is 3.51. The topological polar surface area (TPSA) is 95.1 Å². The first-order chi connectivity index (χ1) is 10.2. The number of aromatic nitrogens is 2. The summed E-state index contributed by atoms with van der Waals surface area (Å²) >= 11 is 1.25. The molecule has 7 heteroatoms. The van der Waals surface area contributed by atoms with Crippen LogP contribution in [-0.4, -0.2) is 21.0 Å². The number of hydrogen-bond acceptors (Lipinski definition) is 5. The van der Waals surface area contributed by atoms with Gasteiger partial charge in [0.2, 0.25) is 0 Å². The first-order valence-corrected chi connectivity index (χ1v) is 7.04. The van der Waals surface area contributed by atoms with Crippen molar-refractivity contribution in [3.05, 3.63) is 57.3 Å². The van der Waals surface area contributed by atoms with E-state index in [1.165, 1.54) is 11.3 Å². The van der Waals surface area contributed by atoms with Gasteiger partial charge in [0.05, 0.1) is 6.61 Å². The molecule has 3 aromatic rings. The van der Waals surface area contributed by atoms with E-state index in [1.54, 1.807) is 35.8 Å². The highest BCUT2D eigenvalue weighted by atomic mass is 32.1. The van der Waals surface area contributed by atoms with Crippen molar-refractivity contribution >= 4 is 33.3 Å². The molecule has 2 aromatic heterocycles. The molecule has 2 heterocycles. The van der Waals surface area contributed by atoms with E-state index in [0.29, 0.717) is 21.6 Å². The van der Waals surface area contributed by atoms with Crippen LogP contribution in [0.15, 0.2) is 40.6 Å². The molecule has 3 rings (SSSR count). The molecular weight excluding hydrogens is 290 g/mol. The van der Waals surface area contributed by atoms with Gasteiger partial charge in [-0.2, -0.15) is 0 Å². The minimum Gasteiger partial charge on any atom is -0.392 e. The van der Waals surface area contributed by atoms with Gasteiger partial charge in [0.1, 0.15) is 5.56 Å². The number of aromatic amines is 1. The van der Waals surface area contributed by atoms with Gasteiger partial charge in [-0.05, 0) is 6.07 Å². The summed E-state index contributed by atoms with van der Waals surface area (Å²) < 4.78 is 0. The SMILES string of the molecule is O=C(Nc1nccs1)c1c(CO)c2ccccc2[nH]c1=O. The zero-order chi connectivity index (χ0) is 14.8. The Morgan fingerprint density at radius 3 is 2.90 bits per heavy atom. The third kappa shape index (κ3) is 2.44. The van der Waals surface area contributed by atoms with Gasteiger partial charge < -0.3 is 10.1 Å². The van der Waals surface area contributed by atoms with Gasteiger partial charge in [0.15, 0.2) is 5.13 Å². The summed E-state index contributed by atoms with van der Waals surface area (Å²) in [5.74, 6) is -0.582. The van der Waals surface area contributed by atoms with Crippen molar-refractivity contribution in [3.63, 3.8) is 0 Å². The van der Waals surface area contributed by atoms with Crippen molar-refractivity contribution < 1.29 is 9.90 Å². The van der Waals surface area contributed by atoms with Crippen molar-refractivity contribution in [2.45, 2.75) is 6.61 Å². The summed E-state index contributed by atoms with van der Waals surface area (Å²) in [5, 5.41) is 14.9. The maximum absolute atomic E-state index is 12.3. The number of fused-ring (bicyclic) bond motifs is 1. The lowest BCUT2D eigenvalue weighted by Gasteiger charge is -2.09. The van der Waals surface area contributed by atoms with E-state index >= 15 is 0 Å². The number of nitrogens with zero attached hydrogens (tertiary/aromatic N) is 1. The minimum atomic E-state index is -0.582. The standard InChI is InChI=1S/C14H11N3O3S/c18-7-9-8-3-1-2-4-10(8)16-12(19)11(9)13(20)17-14-15-5-6-21-14/h1-6,18H,7H2,(H,16,19)(H,15,17,20). The second-order valence-corrected chi connectivity index (χ2v) is 5.20. The van der Waals surface area contributed by atoms with Crippen LogP contribution >= 0.6 is 11.3 Å². The first kappa shape index (κ1) is 13.5. The Bertz CT molecular complexity index is 856. The van der Waals surface area contributed by atoms with Crippen LogP contribution < -0.4 is 10.9 Å². The molecule has 3 N–H and O–H groups in total. The van der Waals surface area contributed by atoms with Crippen LogP contribution in [0.2, 0.25) is 0 Å². The van der Waals surface area contributed by atoms with E-state index in [2.05, 4.69) is 15.3 Å². The molecule has 0 fully saturated rings. The predicted molar refractivity (Wildman–Crippen MR) is 80.6 cm³/mol. The Hall–Kier alpha value is -2.51. The summed E-state index contributed by atoms with van der Waals surface area (Å²) in [5.41, 5.74) is 0.263. The van der Waals surface area contributed by atoms with Crippen LogP contribution in [0.3, 0.4) is 0 Å². The normalized spacial score (nSPS) is 10.7. The molecule has 106 valence electrons. The number of nitrogens with one attached hydrogen (secondary N) is 2. The fourth-order valence-corrected chi connectivity index (χ4v) is 2.68. The van der Waals surface area contributed by atoms with E-state index in [-0.39, 0.29) is 5.56 Å². The van der Waals surface area contributed by atoms with Gasteiger partial charge in [0.25, 0.3) is 11.5 Å². The van der Waals surface area contributed by atoms with E-state index < -0.39 is 18.1 Å². The molecule has 0 aliphatic rings. The predicted octanol–water partition coefficient (Wildman–Crippen LogP) is 1.73. The molecule has 0 saturated heterocycles. The molecule has 21 heavy (non-hydrogen) atoms. The molecular formula is C14H11N3O3S. The van der Waals surface area contributed by atoms with Crippen LogP contribution in [0.5, 0.6) is 0 Å². The smallest absolute Gasteiger partial charge is 0.263 e. The molecule has 1 aromatic carbocycles. The summed E-state index contributed by atoms with van der Waals surface area (Å²) in [6, 6.07) is 7.02. The molecule has 0 bridgehead atoms. The highest BCUT2D eigenvalue weighted by molar-refractivity contribution is 7.13. The lowest BCUT2D eigenvalue weighted by atomic mass is 10.0. The average Bonchev–Trinajstić information content (AvgIpc) is 2.98. The van der Waals surface area contributed by atoms with Gasteiger partial charge in [-0.1, -0.05) is 18.2 Å². The lowest BCUT2D eigenvalue weighted by Crippen LogP contribution is -2.26. The van der Waals surface area contributed by atoms with Gasteiger partial charge >= 0.3 is 0 Å². The van der Waals surface area contributed by atoms with Crippen LogP contribution in [0.4, 0.5) is 5.13 Å². The fraction of sp³-hybridized carbons (Fsp3) is 0.0714. The van der Waals surface area contributed by atoms with E-state index in [0.717, 1.165) is 0 Å². The number of benzene rings is 1. The third-order valence-electron chi connectivity index (χ3n) is 3.07. The lowest BCUT2D eigenvalue weighted by molar-refractivity contribution is 0.102. The molecule has 0 atom stereocenters. The Labute approximate surface area is 123 Å². The van der Waals surface area contributed by atoms with Crippen LogP contribution in [0.1, 0.15) is 15.9 Å². The first-order valence-electron chi connectivity index (χ1n) is 6.16. The number of rotatable bonds is 3. The van der Waals surface area contributed by atoms with E-state index in [1.807, 2.05) is 0 Å². The van der Waals surface area contributed by atoms with Gasteiger partial charge in [-0.25, -0.2) is 4.98 Å². The number of H-pyrrole nitrogens is 1. The molecule has 0 aliphatic heterocycles. The average molecular weight is 301 g/mol. The van der Waals surface area contributed by atoms with Crippen LogP contribution in [-0.2, 0) is 6.61 Å². The summed E-state index contributed by atoms with van der Waals surface area (Å²) in [7, 11) is 0. The number of anilines is 1. The van der Waals surface area contributed by atoms with Crippen LogP contribution in [0, 0.1) is 0 Å². The van der Waals surface area contributed by atoms with Crippen molar-refractivity contribution in [3.8, 4) is 0 Å². The van der Waals surface area contributed by atoms with Crippen molar-refractivity contribution in [1.82, 2.24) is 9.97 Å². The van der Waals surface area contributed by atoms with Gasteiger partial charge in [-0.15, -0.1) is 11.3 Å². The fourth-order valence-electron chi connectivity index (χ4n) is 2.16. The number of aliphatic hydroxyl groups is 1. The molecule has 0 unspecified atom stereocenters. The molecule has 0 radical (unpaired) electrons. The van der Waals surface area contributed by atoms with Crippen molar-refractivity contribution in [2.24, 2.45) is 0 Å². The minimum absolute atomic E-state index is 0.0913.